The number of nitrogens with zero attached hydrogens (tertiary/aromatic N) is 3. The van der Waals surface area contributed by atoms with Crippen molar-refractivity contribution in [1.29, 1.82) is 0 Å². The zero-order valence-electron chi connectivity index (χ0n) is 23.7. The number of carbonyl (C=O) groups excluding carboxylic acids is 2. The monoisotopic (exact) mass is 533 g/mol. The molecule has 3 aliphatic rings. The number of benzene rings is 2. The maximum atomic E-state index is 13.9. The molecule has 7 nitrogen and oxygen atoms in total. The second kappa shape index (κ2) is 12.4. The largest absolute Gasteiger partial charge is 0.493 e. The van der Waals surface area contributed by atoms with Gasteiger partial charge in [-0.1, -0.05) is 30.7 Å². The number of anilines is 1. The molecular formula is C32H43N3O4. The summed E-state index contributed by atoms with van der Waals surface area (Å²) in [6.07, 6.45) is 8.14. The van der Waals surface area contributed by atoms with Crippen LogP contribution in [-0.2, 0) is 22.6 Å². The highest BCUT2D eigenvalue weighted by molar-refractivity contribution is 5.92. The van der Waals surface area contributed by atoms with Crippen molar-refractivity contribution in [2.24, 2.45) is 5.92 Å². The summed E-state index contributed by atoms with van der Waals surface area (Å²) < 4.78 is 10.8. The van der Waals surface area contributed by atoms with Crippen LogP contribution in [0.25, 0.3) is 0 Å². The predicted octanol–water partition coefficient (Wildman–Crippen LogP) is 5.05. The summed E-state index contributed by atoms with van der Waals surface area (Å²) in [5.74, 6) is 2.37. The second-order valence-corrected chi connectivity index (χ2v) is 11.4. The third kappa shape index (κ3) is 6.57. The maximum absolute atomic E-state index is 13.9. The number of hydrogen-bond donors (Lipinski definition) is 0. The van der Waals surface area contributed by atoms with E-state index in [0.29, 0.717) is 43.0 Å². The summed E-state index contributed by atoms with van der Waals surface area (Å²) in [7, 11) is 3.26. The number of rotatable bonds is 7. The Morgan fingerprint density at radius 1 is 0.923 bits per heavy atom. The normalized spacial score (nSPS) is 22.0. The molecule has 5 rings (SSSR count). The van der Waals surface area contributed by atoms with E-state index in [2.05, 4.69) is 15.9 Å². The van der Waals surface area contributed by atoms with Crippen molar-refractivity contribution in [3.8, 4) is 11.5 Å². The molecule has 2 amide bonds. The van der Waals surface area contributed by atoms with Crippen LogP contribution in [-0.4, -0.2) is 67.6 Å². The SMILES string of the molecule is COc1ccc(CCC(=O)N2Cc3ccccc3N(C(C)=O)CCC3CCCC(C2)N3CC2CC2)cc1OC. The fourth-order valence-corrected chi connectivity index (χ4v) is 6.42. The molecule has 7 heteroatoms. The topological polar surface area (TPSA) is 62.3 Å². The Kier molecular flexibility index (Phi) is 8.75. The molecule has 39 heavy (non-hydrogen) atoms. The predicted molar refractivity (Wildman–Crippen MR) is 153 cm³/mol. The number of fused-ring (bicyclic) bond motifs is 3. The molecule has 2 aromatic rings. The Bertz CT molecular complexity index is 1160. The minimum Gasteiger partial charge on any atom is -0.493 e. The highest BCUT2D eigenvalue weighted by atomic mass is 16.5. The number of ether oxygens (including phenoxy) is 2. The van der Waals surface area contributed by atoms with E-state index < -0.39 is 0 Å². The molecule has 1 saturated heterocycles. The van der Waals surface area contributed by atoms with E-state index in [1.165, 1.54) is 25.7 Å². The van der Waals surface area contributed by atoms with Crippen molar-refractivity contribution in [3.05, 3.63) is 53.6 Å². The maximum Gasteiger partial charge on any atom is 0.223 e. The smallest absolute Gasteiger partial charge is 0.223 e. The lowest BCUT2D eigenvalue weighted by atomic mass is 9.92. The standard InChI is InChI=1S/C32H43N3O4/c1-23(36)34-18-17-27-8-6-9-28(35(27)20-25-11-12-25)22-33(21-26-7-4-5-10-29(26)34)32(37)16-14-24-13-15-30(38-2)31(19-24)39-3/h4-5,7,10,13,15,19,25,27-28H,6,8-9,11-12,14,16-18,20-22H2,1-3H3. The summed E-state index contributed by atoms with van der Waals surface area (Å²) in [4.78, 5) is 33.4. The third-order valence-corrected chi connectivity index (χ3v) is 8.75. The number of amides is 2. The molecule has 0 aromatic heterocycles. The van der Waals surface area contributed by atoms with Gasteiger partial charge in [0.15, 0.2) is 11.5 Å². The number of hydrogen-bond acceptors (Lipinski definition) is 5. The third-order valence-electron chi connectivity index (χ3n) is 8.75. The van der Waals surface area contributed by atoms with Crippen LogP contribution in [0.4, 0.5) is 5.69 Å². The van der Waals surface area contributed by atoms with Gasteiger partial charge in [-0.05, 0) is 73.8 Å². The van der Waals surface area contributed by atoms with Gasteiger partial charge in [-0.15, -0.1) is 0 Å². The molecule has 2 atom stereocenters. The molecule has 0 radical (unpaired) electrons. The van der Waals surface area contributed by atoms with Crippen LogP contribution in [0.15, 0.2) is 42.5 Å². The van der Waals surface area contributed by atoms with Gasteiger partial charge in [0.2, 0.25) is 11.8 Å². The molecule has 2 unspecified atom stereocenters. The van der Waals surface area contributed by atoms with Gasteiger partial charge in [-0.25, -0.2) is 0 Å². The van der Waals surface area contributed by atoms with Crippen molar-refractivity contribution in [2.45, 2.75) is 76.9 Å². The number of aryl methyl sites for hydroxylation is 1. The van der Waals surface area contributed by atoms with Crippen LogP contribution in [0.5, 0.6) is 11.5 Å². The highest BCUT2D eigenvalue weighted by Gasteiger charge is 2.37. The van der Waals surface area contributed by atoms with Crippen LogP contribution in [0.2, 0.25) is 0 Å². The van der Waals surface area contributed by atoms with E-state index in [-0.39, 0.29) is 11.8 Å². The van der Waals surface area contributed by atoms with Gasteiger partial charge < -0.3 is 19.3 Å². The van der Waals surface area contributed by atoms with Gasteiger partial charge in [-0.3, -0.25) is 14.5 Å². The summed E-state index contributed by atoms with van der Waals surface area (Å²) in [6, 6.07) is 14.8. The molecule has 1 aliphatic carbocycles. The van der Waals surface area contributed by atoms with E-state index in [0.717, 1.165) is 55.2 Å². The van der Waals surface area contributed by atoms with E-state index in [1.807, 2.05) is 41.3 Å². The number of methoxy groups -OCH3 is 2. The van der Waals surface area contributed by atoms with Gasteiger partial charge in [0.25, 0.3) is 0 Å². The van der Waals surface area contributed by atoms with Gasteiger partial charge in [0.05, 0.1) is 14.2 Å². The molecule has 2 aromatic carbocycles. The first kappa shape index (κ1) is 27.5. The van der Waals surface area contributed by atoms with E-state index in [1.54, 1.807) is 21.1 Å². The van der Waals surface area contributed by atoms with Gasteiger partial charge in [-0.2, -0.15) is 0 Å². The first-order valence-electron chi connectivity index (χ1n) is 14.6. The number of piperidine rings is 1. The van der Waals surface area contributed by atoms with E-state index in [4.69, 9.17) is 9.47 Å². The molecule has 1 saturated carbocycles. The zero-order valence-corrected chi connectivity index (χ0v) is 23.7. The Balaban J connectivity index is 1.42. The fourth-order valence-electron chi connectivity index (χ4n) is 6.42. The lowest BCUT2D eigenvalue weighted by Crippen LogP contribution is -2.53. The Morgan fingerprint density at radius 3 is 2.44 bits per heavy atom. The second-order valence-electron chi connectivity index (χ2n) is 11.4. The van der Waals surface area contributed by atoms with Crippen molar-refractivity contribution < 1.29 is 19.1 Å². The van der Waals surface area contributed by atoms with Crippen molar-refractivity contribution in [1.82, 2.24) is 9.80 Å². The Hall–Kier alpha value is -3.06. The number of carbonyl (C=O) groups is 2. The molecular weight excluding hydrogens is 490 g/mol. The van der Waals surface area contributed by atoms with E-state index in [9.17, 15) is 9.59 Å². The Labute approximate surface area is 233 Å². The molecule has 210 valence electrons. The Morgan fingerprint density at radius 2 is 1.69 bits per heavy atom. The van der Waals surface area contributed by atoms with Crippen molar-refractivity contribution in [3.63, 3.8) is 0 Å². The molecule has 2 bridgehead atoms. The molecule has 0 N–H and O–H groups in total. The van der Waals surface area contributed by atoms with Crippen molar-refractivity contribution in [2.75, 3.05) is 38.8 Å². The molecule has 0 spiro atoms. The minimum atomic E-state index is 0.0640. The minimum absolute atomic E-state index is 0.0640. The van der Waals surface area contributed by atoms with Crippen LogP contribution in [0.3, 0.4) is 0 Å². The average Bonchev–Trinajstić information content (AvgIpc) is 3.77. The first-order chi connectivity index (χ1) is 19.0. The average molecular weight is 534 g/mol. The van der Waals surface area contributed by atoms with E-state index >= 15 is 0 Å². The number of para-hydroxylation sites is 1. The summed E-state index contributed by atoms with van der Waals surface area (Å²) in [5, 5.41) is 0. The van der Waals surface area contributed by atoms with Crippen LogP contribution in [0.1, 0.15) is 63.0 Å². The molecule has 2 fully saturated rings. The summed E-state index contributed by atoms with van der Waals surface area (Å²) in [6.45, 7) is 4.76. The zero-order chi connectivity index (χ0) is 27.4. The summed E-state index contributed by atoms with van der Waals surface area (Å²) in [5.41, 5.74) is 3.03. The van der Waals surface area contributed by atoms with Crippen LogP contribution >= 0.6 is 0 Å². The lowest BCUT2D eigenvalue weighted by molar-refractivity contribution is -0.133. The molecule has 2 heterocycles. The lowest BCUT2D eigenvalue weighted by Gasteiger charge is -2.44. The highest BCUT2D eigenvalue weighted by Crippen LogP contribution is 2.36. The quantitative estimate of drug-likeness (QED) is 0.498. The molecule has 2 aliphatic heterocycles. The van der Waals surface area contributed by atoms with Crippen molar-refractivity contribution >= 4 is 17.5 Å². The summed E-state index contributed by atoms with van der Waals surface area (Å²) >= 11 is 0. The van der Waals surface area contributed by atoms with Crippen LogP contribution in [0, 0.1) is 5.92 Å². The van der Waals surface area contributed by atoms with Gasteiger partial charge in [0, 0.05) is 57.3 Å². The first-order valence-corrected chi connectivity index (χ1v) is 14.6. The van der Waals surface area contributed by atoms with Gasteiger partial charge in [0.1, 0.15) is 0 Å². The van der Waals surface area contributed by atoms with Crippen LogP contribution < -0.4 is 14.4 Å². The van der Waals surface area contributed by atoms with Gasteiger partial charge >= 0.3 is 0 Å². The fraction of sp³-hybridized carbons (Fsp3) is 0.562.